The number of nitrogens with one attached hydrogen (secondary N) is 2. The zero-order valence-electron chi connectivity index (χ0n) is 16.2. The second-order valence-corrected chi connectivity index (χ2v) is 7.79. The van der Waals surface area contributed by atoms with Crippen molar-refractivity contribution in [2.75, 3.05) is 11.1 Å². The van der Waals surface area contributed by atoms with Crippen LogP contribution in [-0.2, 0) is 4.79 Å². The van der Waals surface area contributed by atoms with Crippen LogP contribution in [0.3, 0.4) is 0 Å². The summed E-state index contributed by atoms with van der Waals surface area (Å²) in [6, 6.07) is 8.52. The molecule has 2 aromatic heterocycles. The molecule has 0 unspecified atom stereocenters. The second-order valence-electron chi connectivity index (χ2n) is 6.85. The monoisotopic (exact) mass is 398 g/mol. The summed E-state index contributed by atoms with van der Waals surface area (Å²) in [5.74, 6) is -0.204. The minimum Gasteiger partial charge on any atom is -0.353 e. The quantitative estimate of drug-likeness (QED) is 0.376. The number of rotatable bonds is 6. The molecule has 0 aliphatic carbocycles. The van der Waals surface area contributed by atoms with Gasteiger partial charge in [-0.3, -0.25) is 19.0 Å². The van der Waals surface area contributed by atoms with Gasteiger partial charge >= 0.3 is 0 Å². The van der Waals surface area contributed by atoms with E-state index in [1.165, 1.54) is 18.7 Å². The van der Waals surface area contributed by atoms with Crippen LogP contribution in [-0.4, -0.2) is 32.0 Å². The van der Waals surface area contributed by atoms with Crippen molar-refractivity contribution >= 4 is 40.2 Å². The summed E-state index contributed by atoms with van der Waals surface area (Å²) in [5.41, 5.74) is 2.88. The van der Waals surface area contributed by atoms with Crippen LogP contribution in [0.25, 0.3) is 11.0 Å². The van der Waals surface area contributed by atoms with Crippen LogP contribution in [0.2, 0.25) is 0 Å². The molecule has 2 heterocycles. The highest BCUT2D eigenvalue weighted by Crippen LogP contribution is 2.21. The molecule has 0 atom stereocenters. The number of aromatic amines is 1. The van der Waals surface area contributed by atoms with E-state index in [2.05, 4.69) is 15.3 Å². The van der Waals surface area contributed by atoms with Gasteiger partial charge in [0.1, 0.15) is 5.52 Å². The summed E-state index contributed by atoms with van der Waals surface area (Å²) in [4.78, 5) is 44.2. The van der Waals surface area contributed by atoms with Gasteiger partial charge in [-0.2, -0.15) is 0 Å². The van der Waals surface area contributed by atoms with E-state index in [0.717, 1.165) is 5.69 Å². The van der Waals surface area contributed by atoms with Crippen molar-refractivity contribution in [2.24, 2.45) is 0 Å². The summed E-state index contributed by atoms with van der Waals surface area (Å²) < 4.78 is 1.59. The van der Waals surface area contributed by atoms with E-state index in [1.54, 1.807) is 28.8 Å². The fourth-order valence-electron chi connectivity index (χ4n) is 2.89. The van der Waals surface area contributed by atoms with Gasteiger partial charge in [0.2, 0.25) is 5.91 Å². The zero-order chi connectivity index (χ0) is 20.4. The van der Waals surface area contributed by atoms with Gasteiger partial charge in [0, 0.05) is 23.0 Å². The molecular weight excluding hydrogens is 376 g/mol. The largest absolute Gasteiger partial charge is 0.353 e. The number of fused-ring (bicyclic) bond motifs is 1. The Morgan fingerprint density at radius 2 is 2.04 bits per heavy atom. The van der Waals surface area contributed by atoms with Crippen LogP contribution >= 0.6 is 11.8 Å². The molecular formula is C20H22N4O3S. The first-order valence-electron chi connectivity index (χ1n) is 8.91. The van der Waals surface area contributed by atoms with Crippen molar-refractivity contribution in [3.8, 4) is 0 Å². The summed E-state index contributed by atoms with van der Waals surface area (Å²) in [6.45, 7) is 7.16. The predicted molar refractivity (Wildman–Crippen MR) is 111 cm³/mol. The maximum atomic E-state index is 12.8. The molecule has 146 valence electrons. The van der Waals surface area contributed by atoms with Crippen molar-refractivity contribution < 1.29 is 9.59 Å². The van der Waals surface area contributed by atoms with Gasteiger partial charge in [0.15, 0.2) is 10.9 Å². The number of benzene rings is 1. The van der Waals surface area contributed by atoms with E-state index in [4.69, 9.17) is 0 Å². The third-order valence-corrected chi connectivity index (χ3v) is 5.14. The minimum atomic E-state index is -0.236. The molecule has 0 aliphatic heterocycles. The van der Waals surface area contributed by atoms with E-state index in [1.807, 2.05) is 26.8 Å². The SMILES string of the molecule is CC(=O)c1cccc(NC(=O)CSc2nc3cc(C)[nH]c3c(=O)n2C(C)C)c1. The van der Waals surface area contributed by atoms with Gasteiger partial charge in [-0.1, -0.05) is 23.9 Å². The minimum absolute atomic E-state index is 0.0641. The number of carbonyl (C=O) groups is 2. The van der Waals surface area contributed by atoms with Gasteiger partial charge in [-0.15, -0.1) is 0 Å². The number of Topliss-reactive ketones (excluding diaryl/α,β-unsaturated/α-hetero) is 1. The molecule has 3 rings (SSSR count). The Hall–Kier alpha value is -2.87. The molecule has 8 heteroatoms. The summed E-state index contributed by atoms with van der Waals surface area (Å²) in [7, 11) is 0. The number of aryl methyl sites for hydroxylation is 1. The number of thioether (sulfide) groups is 1. The van der Waals surface area contributed by atoms with Crippen LogP contribution in [0, 0.1) is 6.92 Å². The fraction of sp³-hybridized carbons (Fsp3) is 0.300. The molecule has 0 fully saturated rings. The highest BCUT2D eigenvalue weighted by Gasteiger charge is 2.17. The average Bonchev–Trinajstić information content (AvgIpc) is 3.00. The Balaban J connectivity index is 1.80. The number of ketones is 1. The number of hydrogen-bond donors (Lipinski definition) is 2. The molecule has 2 N–H and O–H groups in total. The molecule has 1 amide bonds. The molecule has 7 nitrogen and oxygen atoms in total. The Morgan fingerprint density at radius 1 is 1.29 bits per heavy atom. The first-order valence-corrected chi connectivity index (χ1v) is 9.90. The molecule has 0 radical (unpaired) electrons. The lowest BCUT2D eigenvalue weighted by Gasteiger charge is -2.15. The lowest BCUT2D eigenvalue weighted by molar-refractivity contribution is -0.113. The molecule has 0 saturated carbocycles. The highest BCUT2D eigenvalue weighted by atomic mass is 32.2. The Labute approximate surface area is 166 Å². The van der Waals surface area contributed by atoms with Crippen LogP contribution < -0.4 is 10.9 Å². The Kier molecular flexibility index (Phi) is 5.69. The molecule has 28 heavy (non-hydrogen) atoms. The van der Waals surface area contributed by atoms with Crippen molar-refractivity contribution in [2.45, 2.75) is 38.9 Å². The Morgan fingerprint density at radius 3 is 2.71 bits per heavy atom. The standard InChI is InChI=1S/C20H22N4O3S/c1-11(2)24-19(27)18-16(8-12(3)21-18)23-20(24)28-10-17(26)22-15-7-5-6-14(9-15)13(4)25/h5-9,11,21H,10H2,1-4H3,(H,22,26). The second kappa shape index (κ2) is 8.02. The Bertz CT molecular complexity index is 1110. The summed E-state index contributed by atoms with van der Waals surface area (Å²) >= 11 is 1.21. The fourth-order valence-corrected chi connectivity index (χ4v) is 3.82. The van der Waals surface area contributed by atoms with Crippen LogP contribution in [0.1, 0.15) is 42.9 Å². The zero-order valence-corrected chi connectivity index (χ0v) is 17.0. The van der Waals surface area contributed by atoms with Crippen molar-refractivity contribution in [3.63, 3.8) is 0 Å². The van der Waals surface area contributed by atoms with Gasteiger partial charge in [-0.05, 0) is 45.9 Å². The molecule has 1 aromatic carbocycles. The molecule has 0 saturated heterocycles. The van der Waals surface area contributed by atoms with Crippen LogP contribution in [0.4, 0.5) is 5.69 Å². The predicted octanol–water partition coefficient (Wildman–Crippen LogP) is 3.55. The van der Waals surface area contributed by atoms with Crippen molar-refractivity contribution in [1.29, 1.82) is 0 Å². The van der Waals surface area contributed by atoms with Crippen LogP contribution in [0.15, 0.2) is 40.3 Å². The molecule has 3 aromatic rings. The van der Waals surface area contributed by atoms with Crippen molar-refractivity contribution in [3.05, 3.63) is 51.9 Å². The summed E-state index contributed by atoms with van der Waals surface area (Å²) in [5, 5.41) is 3.28. The van der Waals surface area contributed by atoms with Crippen molar-refractivity contribution in [1.82, 2.24) is 14.5 Å². The summed E-state index contributed by atoms with van der Waals surface area (Å²) in [6.07, 6.45) is 0. The first-order chi connectivity index (χ1) is 13.3. The maximum Gasteiger partial charge on any atom is 0.278 e. The topological polar surface area (TPSA) is 96.8 Å². The third kappa shape index (κ3) is 4.17. The van der Waals surface area contributed by atoms with E-state index in [9.17, 15) is 14.4 Å². The number of H-pyrrole nitrogens is 1. The number of aromatic nitrogens is 3. The average molecular weight is 398 g/mol. The maximum absolute atomic E-state index is 12.8. The van der Waals surface area contributed by atoms with Gasteiger partial charge < -0.3 is 10.3 Å². The normalized spacial score (nSPS) is 11.2. The molecule has 0 spiro atoms. The van der Waals surface area contributed by atoms with E-state index in [0.29, 0.717) is 27.4 Å². The number of amides is 1. The van der Waals surface area contributed by atoms with E-state index >= 15 is 0 Å². The highest BCUT2D eigenvalue weighted by molar-refractivity contribution is 7.99. The number of hydrogen-bond acceptors (Lipinski definition) is 5. The number of carbonyl (C=O) groups excluding carboxylic acids is 2. The lowest BCUT2D eigenvalue weighted by Crippen LogP contribution is -2.25. The molecule has 0 aliphatic rings. The third-order valence-electron chi connectivity index (χ3n) is 4.19. The van der Waals surface area contributed by atoms with E-state index < -0.39 is 0 Å². The van der Waals surface area contributed by atoms with Gasteiger partial charge in [-0.25, -0.2) is 4.98 Å². The molecule has 0 bridgehead atoms. The lowest BCUT2D eigenvalue weighted by atomic mass is 10.1. The first kappa shape index (κ1) is 19.9. The smallest absolute Gasteiger partial charge is 0.278 e. The number of anilines is 1. The van der Waals surface area contributed by atoms with Gasteiger partial charge in [0.05, 0.1) is 11.3 Å². The number of nitrogens with zero attached hydrogens (tertiary/aromatic N) is 2. The van der Waals surface area contributed by atoms with E-state index in [-0.39, 0.29) is 29.0 Å². The van der Waals surface area contributed by atoms with Crippen LogP contribution in [0.5, 0.6) is 0 Å². The van der Waals surface area contributed by atoms with Gasteiger partial charge in [0.25, 0.3) is 5.56 Å².